The lowest BCUT2D eigenvalue weighted by molar-refractivity contribution is -0.384. The Morgan fingerprint density at radius 2 is 2.25 bits per heavy atom. The highest BCUT2D eigenvalue weighted by Crippen LogP contribution is 2.24. The second-order valence-electron chi connectivity index (χ2n) is 3.15. The van der Waals surface area contributed by atoms with Gasteiger partial charge in [-0.15, -0.1) is 0 Å². The standard InChI is InChI=1S/C10H8N2O4/c13-6-8-5-10(16-11-8)7-2-1-3-9(4-7)12(14)15/h1-5,13H,6H2. The maximum Gasteiger partial charge on any atom is 0.270 e. The molecular formula is C10H8N2O4. The Kier molecular flexibility index (Phi) is 2.65. The number of nitrogens with zero attached hydrogens (tertiary/aromatic N) is 2. The SMILES string of the molecule is O=[N+]([O-])c1cccc(-c2cc(CO)no2)c1. The van der Waals surface area contributed by atoms with Crippen molar-refractivity contribution >= 4 is 5.69 Å². The number of aliphatic hydroxyl groups excluding tert-OH is 1. The van der Waals surface area contributed by atoms with Crippen LogP contribution in [0.1, 0.15) is 5.69 Å². The van der Waals surface area contributed by atoms with Crippen LogP contribution in [0.3, 0.4) is 0 Å². The number of aliphatic hydroxyl groups is 1. The summed E-state index contributed by atoms with van der Waals surface area (Å²) in [6.07, 6.45) is 0. The second kappa shape index (κ2) is 4.11. The van der Waals surface area contributed by atoms with Crippen molar-refractivity contribution in [2.45, 2.75) is 6.61 Å². The second-order valence-corrected chi connectivity index (χ2v) is 3.15. The van der Waals surface area contributed by atoms with E-state index in [2.05, 4.69) is 5.16 Å². The van der Waals surface area contributed by atoms with Gasteiger partial charge in [0.05, 0.1) is 11.5 Å². The van der Waals surface area contributed by atoms with E-state index in [1.807, 2.05) is 0 Å². The summed E-state index contributed by atoms with van der Waals surface area (Å²) in [5, 5.41) is 23.0. The summed E-state index contributed by atoms with van der Waals surface area (Å²) in [5.74, 6) is 0.396. The molecule has 0 saturated carbocycles. The van der Waals surface area contributed by atoms with Crippen LogP contribution in [-0.4, -0.2) is 15.2 Å². The van der Waals surface area contributed by atoms with E-state index in [4.69, 9.17) is 9.63 Å². The van der Waals surface area contributed by atoms with Gasteiger partial charge < -0.3 is 9.63 Å². The summed E-state index contributed by atoms with van der Waals surface area (Å²) in [6, 6.07) is 7.57. The van der Waals surface area contributed by atoms with Gasteiger partial charge in [-0.2, -0.15) is 0 Å². The van der Waals surface area contributed by atoms with Crippen molar-refractivity contribution in [1.82, 2.24) is 5.16 Å². The van der Waals surface area contributed by atoms with Crippen molar-refractivity contribution in [1.29, 1.82) is 0 Å². The molecule has 0 amide bonds. The van der Waals surface area contributed by atoms with Crippen LogP contribution in [0.15, 0.2) is 34.9 Å². The van der Waals surface area contributed by atoms with Gasteiger partial charge in [0, 0.05) is 23.8 Å². The van der Waals surface area contributed by atoms with Gasteiger partial charge in [0.1, 0.15) is 5.69 Å². The lowest BCUT2D eigenvalue weighted by atomic mass is 10.1. The third-order valence-corrected chi connectivity index (χ3v) is 2.06. The van der Waals surface area contributed by atoms with E-state index in [-0.39, 0.29) is 12.3 Å². The van der Waals surface area contributed by atoms with Crippen LogP contribution in [0.2, 0.25) is 0 Å². The number of nitro benzene ring substituents is 1. The Morgan fingerprint density at radius 1 is 1.44 bits per heavy atom. The molecule has 16 heavy (non-hydrogen) atoms. The Morgan fingerprint density at radius 3 is 2.88 bits per heavy atom. The Balaban J connectivity index is 2.40. The Labute approximate surface area is 90.3 Å². The van der Waals surface area contributed by atoms with Gasteiger partial charge >= 0.3 is 0 Å². The van der Waals surface area contributed by atoms with E-state index < -0.39 is 4.92 Å². The minimum absolute atomic E-state index is 0.0144. The maximum atomic E-state index is 10.6. The number of aromatic nitrogens is 1. The molecular weight excluding hydrogens is 212 g/mol. The molecule has 0 atom stereocenters. The topological polar surface area (TPSA) is 89.4 Å². The molecule has 0 saturated heterocycles. The zero-order valence-electron chi connectivity index (χ0n) is 8.16. The van der Waals surface area contributed by atoms with Gasteiger partial charge in [-0.3, -0.25) is 10.1 Å². The number of hydrogen-bond donors (Lipinski definition) is 1. The number of rotatable bonds is 3. The van der Waals surface area contributed by atoms with Crippen LogP contribution in [0, 0.1) is 10.1 Å². The molecule has 2 rings (SSSR count). The fourth-order valence-electron chi connectivity index (χ4n) is 1.30. The highest BCUT2D eigenvalue weighted by Gasteiger charge is 2.10. The monoisotopic (exact) mass is 220 g/mol. The summed E-state index contributed by atoms with van der Waals surface area (Å²) >= 11 is 0. The number of benzene rings is 1. The van der Waals surface area contributed by atoms with Gasteiger partial charge in [-0.05, 0) is 0 Å². The molecule has 0 bridgehead atoms. The lowest BCUT2D eigenvalue weighted by Gasteiger charge is -1.94. The van der Waals surface area contributed by atoms with Gasteiger partial charge in [0.2, 0.25) is 0 Å². The molecule has 1 aromatic carbocycles. The van der Waals surface area contributed by atoms with Crippen molar-refractivity contribution in [2.24, 2.45) is 0 Å². The molecule has 1 aromatic heterocycles. The molecule has 1 N–H and O–H groups in total. The van der Waals surface area contributed by atoms with E-state index in [0.717, 1.165) is 0 Å². The summed E-state index contributed by atoms with van der Waals surface area (Å²) < 4.78 is 4.94. The van der Waals surface area contributed by atoms with Gasteiger partial charge in [-0.25, -0.2) is 0 Å². The normalized spacial score (nSPS) is 10.3. The molecule has 0 aliphatic rings. The largest absolute Gasteiger partial charge is 0.390 e. The summed E-state index contributed by atoms with van der Waals surface area (Å²) in [7, 11) is 0. The molecule has 1 heterocycles. The van der Waals surface area contributed by atoms with Gasteiger partial charge in [0.25, 0.3) is 5.69 Å². The predicted octanol–water partition coefficient (Wildman–Crippen LogP) is 1.74. The van der Waals surface area contributed by atoms with E-state index in [9.17, 15) is 10.1 Å². The lowest BCUT2D eigenvalue weighted by Crippen LogP contribution is -1.87. The van der Waals surface area contributed by atoms with Crippen LogP contribution in [0.4, 0.5) is 5.69 Å². The number of nitro groups is 1. The Bertz CT molecular complexity index is 521. The molecule has 0 radical (unpaired) electrons. The average Bonchev–Trinajstić information content (AvgIpc) is 2.77. The first-order valence-electron chi connectivity index (χ1n) is 4.52. The molecule has 0 aliphatic carbocycles. The molecule has 0 spiro atoms. The van der Waals surface area contributed by atoms with Crippen LogP contribution in [-0.2, 0) is 6.61 Å². The quantitative estimate of drug-likeness (QED) is 0.628. The zero-order valence-corrected chi connectivity index (χ0v) is 8.16. The highest BCUT2D eigenvalue weighted by atomic mass is 16.6. The third kappa shape index (κ3) is 1.91. The smallest absolute Gasteiger partial charge is 0.270 e. The van der Waals surface area contributed by atoms with Crippen molar-refractivity contribution in [3.8, 4) is 11.3 Å². The molecule has 0 fully saturated rings. The summed E-state index contributed by atoms with van der Waals surface area (Å²) in [6.45, 7) is -0.224. The molecule has 6 nitrogen and oxygen atoms in total. The van der Waals surface area contributed by atoms with E-state index in [1.54, 1.807) is 18.2 Å². The fraction of sp³-hybridized carbons (Fsp3) is 0.100. The van der Waals surface area contributed by atoms with Gasteiger partial charge in [0.15, 0.2) is 5.76 Å². The molecule has 0 unspecified atom stereocenters. The highest BCUT2D eigenvalue weighted by molar-refractivity contribution is 5.60. The molecule has 82 valence electrons. The van der Waals surface area contributed by atoms with Crippen molar-refractivity contribution in [3.63, 3.8) is 0 Å². The third-order valence-electron chi connectivity index (χ3n) is 2.06. The first-order valence-corrected chi connectivity index (χ1v) is 4.52. The molecule has 0 aliphatic heterocycles. The van der Waals surface area contributed by atoms with Crippen LogP contribution in [0.25, 0.3) is 11.3 Å². The van der Waals surface area contributed by atoms with Crippen molar-refractivity contribution in [2.75, 3.05) is 0 Å². The average molecular weight is 220 g/mol. The Hall–Kier alpha value is -2.21. The van der Waals surface area contributed by atoms with E-state index in [0.29, 0.717) is 17.0 Å². The van der Waals surface area contributed by atoms with Crippen LogP contribution >= 0.6 is 0 Å². The predicted molar refractivity (Wildman–Crippen MR) is 54.5 cm³/mol. The molecule has 2 aromatic rings. The minimum Gasteiger partial charge on any atom is -0.390 e. The van der Waals surface area contributed by atoms with Crippen LogP contribution < -0.4 is 0 Å². The molecule has 6 heteroatoms. The maximum absolute atomic E-state index is 10.6. The first-order chi connectivity index (χ1) is 7.70. The fourth-order valence-corrected chi connectivity index (χ4v) is 1.30. The zero-order chi connectivity index (χ0) is 11.5. The summed E-state index contributed by atoms with van der Waals surface area (Å²) in [4.78, 5) is 10.1. The minimum atomic E-state index is -0.479. The van der Waals surface area contributed by atoms with Crippen molar-refractivity contribution < 1.29 is 14.6 Å². The van der Waals surface area contributed by atoms with E-state index in [1.165, 1.54) is 12.1 Å². The number of non-ortho nitro benzene ring substituents is 1. The van der Waals surface area contributed by atoms with E-state index >= 15 is 0 Å². The van der Waals surface area contributed by atoms with Gasteiger partial charge in [-0.1, -0.05) is 17.3 Å². The van der Waals surface area contributed by atoms with Crippen LogP contribution in [0.5, 0.6) is 0 Å². The first kappa shape index (κ1) is 10.3. The summed E-state index contributed by atoms with van der Waals surface area (Å²) in [5.41, 5.74) is 0.933. The number of hydrogen-bond acceptors (Lipinski definition) is 5. The van der Waals surface area contributed by atoms with Crippen molar-refractivity contribution in [3.05, 3.63) is 46.1 Å².